The minimum Gasteiger partial charge on any atom is -0.294 e. The Bertz CT molecular complexity index is 681. The lowest BCUT2D eigenvalue weighted by Crippen LogP contribution is -2.44. The Balaban J connectivity index is 2.15. The molecule has 0 N–H and O–H groups in total. The van der Waals surface area contributed by atoms with Crippen molar-refractivity contribution in [2.75, 3.05) is 22.9 Å². The highest BCUT2D eigenvalue weighted by Gasteiger charge is 2.23. The van der Waals surface area contributed by atoms with Crippen LogP contribution in [0.3, 0.4) is 0 Å². The molecular formula is C25H36N2O. The van der Waals surface area contributed by atoms with Crippen LogP contribution in [0.25, 0.3) is 0 Å². The monoisotopic (exact) mass is 380 g/mol. The Morgan fingerprint density at radius 2 is 1.25 bits per heavy atom. The van der Waals surface area contributed by atoms with E-state index in [2.05, 4.69) is 45.0 Å². The fraction of sp³-hybridized carbons (Fsp3) is 0.480. The van der Waals surface area contributed by atoms with Crippen molar-refractivity contribution < 1.29 is 4.79 Å². The molecule has 0 aliphatic carbocycles. The maximum absolute atomic E-state index is 13.5. The Kier molecular flexibility index (Phi) is 9.61. The van der Waals surface area contributed by atoms with Crippen molar-refractivity contribution in [1.82, 2.24) is 0 Å². The summed E-state index contributed by atoms with van der Waals surface area (Å²) in [5.74, 6) is 0. The van der Waals surface area contributed by atoms with E-state index in [0.29, 0.717) is 0 Å². The molecule has 0 aromatic heterocycles. The maximum Gasteiger partial charge on any atom is 0.328 e. The lowest BCUT2D eigenvalue weighted by atomic mass is 10.1. The quantitative estimate of drug-likeness (QED) is 0.378. The minimum atomic E-state index is 0.0745. The number of amides is 2. The van der Waals surface area contributed by atoms with Crippen molar-refractivity contribution in [2.45, 2.75) is 65.7 Å². The summed E-state index contributed by atoms with van der Waals surface area (Å²) < 4.78 is 0. The van der Waals surface area contributed by atoms with Crippen molar-refractivity contribution >= 4 is 17.4 Å². The minimum absolute atomic E-state index is 0.0745. The maximum atomic E-state index is 13.5. The Morgan fingerprint density at radius 1 is 0.679 bits per heavy atom. The molecule has 152 valence electrons. The fourth-order valence-electron chi connectivity index (χ4n) is 3.42. The van der Waals surface area contributed by atoms with Gasteiger partial charge in [-0.1, -0.05) is 81.8 Å². The second-order valence-electron chi connectivity index (χ2n) is 7.52. The summed E-state index contributed by atoms with van der Waals surface area (Å²) in [6, 6.07) is 18.4. The standard InChI is InChI=1S/C25H36N2O/c1-4-6-7-8-9-13-21-27(24-18-16-22(3)17-19-24)25(28)26(20-5-2)23-14-11-10-12-15-23/h10-12,14-19H,4-9,13,20-21H2,1-3H3. The number of anilines is 2. The first kappa shape index (κ1) is 22.0. The van der Waals surface area contributed by atoms with Crippen molar-refractivity contribution in [1.29, 1.82) is 0 Å². The van der Waals surface area contributed by atoms with E-state index in [4.69, 9.17) is 0 Å². The molecule has 2 rings (SSSR count). The molecule has 2 aromatic carbocycles. The van der Waals surface area contributed by atoms with E-state index < -0.39 is 0 Å². The van der Waals surface area contributed by atoms with Crippen LogP contribution in [0.15, 0.2) is 54.6 Å². The SMILES string of the molecule is CCCCCCCCN(C(=O)N(CCC)c1ccccc1)c1ccc(C)cc1. The van der Waals surface area contributed by atoms with Gasteiger partial charge < -0.3 is 0 Å². The summed E-state index contributed by atoms with van der Waals surface area (Å²) in [4.78, 5) is 17.4. The molecule has 0 radical (unpaired) electrons. The molecule has 0 bridgehead atoms. The second-order valence-corrected chi connectivity index (χ2v) is 7.52. The first-order valence-electron chi connectivity index (χ1n) is 10.9. The second kappa shape index (κ2) is 12.2. The molecule has 2 aromatic rings. The molecule has 0 unspecified atom stereocenters. The number of carbonyl (C=O) groups excluding carboxylic acids is 1. The Morgan fingerprint density at radius 3 is 1.89 bits per heavy atom. The smallest absolute Gasteiger partial charge is 0.294 e. The van der Waals surface area contributed by atoms with Crippen LogP contribution >= 0.6 is 0 Å². The molecule has 3 heteroatoms. The van der Waals surface area contributed by atoms with Crippen molar-refractivity contribution in [2.24, 2.45) is 0 Å². The van der Waals surface area contributed by atoms with E-state index in [1.807, 2.05) is 40.1 Å². The number of benzene rings is 2. The number of aryl methyl sites for hydroxylation is 1. The Labute approximate surface area is 171 Å². The molecule has 0 saturated carbocycles. The third-order valence-corrected chi connectivity index (χ3v) is 5.06. The first-order chi connectivity index (χ1) is 13.7. The topological polar surface area (TPSA) is 23.6 Å². The number of rotatable bonds is 11. The molecule has 0 aliphatic heterocycles. The molecule has 2 amide bonds. The van der Waals surface area contributed by atoms with E-state index in [-0.39, 0.29) is 6.03 Å². The van der Waals surface area contributed by atoms with E-state index in [9.17, 15) is 4.79 Å². The average molecular weight is 381 g/mol. The van der Waals surface area contributed by atoms with E-state index >= 15 is 0 Å². The highest BCUT2D eigenvalue weighted by atomic mass is 16.2. The zero-order valence-electron chi connectivity index (χ0n) is 17.9. The summed E-state index contributed by atoms with van der Waals surface area (Å²) >= 11 is 0. The van der Waals surface area contributed by atoms with Gasteiger partial charge in [-0.05, 0) is 44.0 Å². The van der Waals surface area contributed by atoms with Gasteiger partial charge in [-0.15, -0.1) is 0 Å². The van der Waals surface area contributed by atoms with Crippen LogP contribution in [-0.2, 0) is 0 Å². The summed E-state index contributed by atoms with van der Waals surface area (Å²) in [6.45, 7) is 7.93. The normalized spacial score (nSPS) is 10.7. The van der Waals surface area contributed by atoms with Crippen molar-refractivity contribution in [3.63, 3.8) is 0 Å². The average Bonchev–Trinajstić information content (AvgIpc) is 2.72. The van der Waals surface area contributed by atoms with Gasteiger partial charge in [-0.3, -0.25) is 9.80 Å². The predicted octanol–water partition coefficient (Wildman–Crippen LogP) is 7.20. The van der Waals surface area contributed by atoms with Crippen LogP contribution in [0, 0.1) is 6.92 Å². The van der Waals surface area contributed by atoms with E-state index in [1.54, 1.807) is 0 Å². The number of nitrogens with zero attached hydrogens (tertiary/aromatic N) is 2. The molecule has 0 atom stereocenters. The Hall–Kier alpha value is -2.29. The summed E-state index contributed by atoms with van der Waals surface area (Å²) in [5.41, 5.74) is 3.17. The summed E-state index contributed by atoms with van der Waals surface area (Å²) in [6.07, 6.45) is 8.25. The third-order valence-electron chi connectivity index (χ3n) is 5.06. The van der Waals surface area contributed by atoms with E-state index in [1.165, 1.54) is 37.7 Å². The van der Waals surface area contributed by atoms with Gasteiger partial charge in [0.25, 0.3) is 0 Å². The van der Waals surface area contributed by atoms with E-state index in [0.717, 1.165) is 37.3 Å². The molecular weight excluding hydrogens is 344 g/mol. The molecule has 3 nitrogen and oxygen atoms in total. The van der Waals surface area contributed by atoms with Crippen molar-refractivity contribution in [3.05, 3.63) is 60.2 Å². The third kappa shape index (κ3) is 6.70. The lowest BCUT2D eigenvalue weighted by molar-refractivity contribution is 0.251. The predicted molar refractivity (Wildman–Crippen MR) is 121 cm³/mol. The molecule has 0 aliphatic rings. The number of hydrogen-bond donors (Lipinski definition) is 0. The molecule has 0 fully saturated rings. The number of hydrogen-bond acceptors (Lipinski definition) is 1. The van der Waals surface area contributed by atoms with Crippen LogP contribution < -0.4 is 9.80 Å². The van der Waals surface area contributed by atoms with Gasteiger partial charge in [0.05, 0.1) is 0 Å². The van der Waals surface area contributed by atoms with Gasteiger partial charge >= 0.3 is 6.03 Å². The molecule has 0 heterocycles. The number of para-hydroxylation sites is 1. The van der Waals surface area contributed by atoms with Crippen LogP contribution in [0.4, 0.5) is 16.2 Å². The first-order valence-corrected chi connectivity index (χ1v) is 10.9. The van der Waals surface area contributed by atoms with Crippen molar-refractivity contribution in [3.8, 4) is 0 Å². The highest BCUT2D eigenvalue weighted by Crippen LogP contribution is 2.22. The summed E-state index contributed by atoms with van der Waals surface area (Å²) in [7, 11) is 0. The zero-order chi connectivity index (χ0) is 20.2. The van der Waals surface area contributed by atoms with Gasteiger partial charge in [-0.2, -0.15) is 0 Å². The lowest BCUT2D eigenvalue weighted by Gasteiger charge is -2.31. The number of unbranched alkanes of at least 4 members (excludes halogenated alkanes) is 5. The molecule has 0 spiro atoms. The fourth-order valence-corrected chi connectivity index (χ4v) is 3.42. The zero-order valence-corrected chi connectivity index (χ0v) is 17.9. The highest BCUT2D eigenvalue weighted by molar-refractivity contribution is 6.03. The molecule has 28 heavy (non-hydrogen) atoms. The van der Waals surface area contributed by atoms with Gasteiger partial charge in [-0.25, -0.2) is 4.79 Å². The van der Waals surface area contributed by atoms with Crippen LogP contribution in [0.1, 0.15) is 64.4 Å². The number of carbonyl (C=O) groups is 1. The van der Waals surface area contributed by atoms with Gasteiger partial charge in [0, 0.05) is 24.5 Å². The van der Waals surface area contributed by atoms with Crippen LogP contribution in [-0.4, -0.2) is 19.1 Å². The van der Waals surface area contributed by atoms with Gasteiger partial charge in [0.15, 0.2) is 0 Å². The van der Waals surface area contributed by atoms with Crippen LogP contribution in [0.2, 0.25) is 0 Å². The summed E-state index contributed by atoms with van der Waals surface area (Å²) in [5, 5.41) is 0. The number of urea groups is 1. The van der Waals surface area contributed by atoms with Crippen LogP contribution in [0.5, 0.6) is 0 Å². The molecule has 0 saturated heterocycles. The largest absolute Gasteiger partial charge is 0.328 e. The van der Waals surface area contributed by atoms with Gasteiger partial charge in [0.2, 0.25) is 0 Å². The van der Waals surface area contributed by atoms with Gasteiger partial charge in [0.1, 0.15) is 0 Å².